The van der Waals surface area contributed by atoms with Gasteiger partial charge in [-0.1, -0.05) is 11.8 Å². The minimum absolute atomic E-state index is 0.00730. The molecule has 3 N–H and O–H groups in total. The van der Waals surface area contributed by atoms with Gasteiger partial charge in [-0.3, -0.25) is 4.99 Å². The molecule has 190 valence electrons. The monoisotopic (exact) mass is 527 g/mol. The van der Waals surface area contributed by atoms with Crippen LogP contribution in [0.1, 0.15) is 24.8 Å². The fourth-order valence-electron chi connectivity index (χ4n) is 4.79. The van der Waals surface area contributed by atoms with Gasteiger partial charge in [0, 0.05) is 29.4 Å². The van der Waals surface area contributed by atoms with Gasteiger partial charge < -0.3 is 20.2 Å². The Kier molecular flexibility index (Phi) is 5.48. The van der Waals surface area contributed by atoms with E-state index in [4.69, 9.17) is 14.9 Å². The van der Waals surface area contributed by atoms with E-state index >= 15 is 4.39 Å². The number of nitrogens with two attached hydrogens (primary N) is 1. The first kappa shape index (κ1) is 23.5. The van der Waals surface area contributed by atoms with E-state index in [0.717, 1.165) is 17.8 Å². The van der Waals surface area contributed by atoms with Crippen molar-refractivity contribution in [1.29, 1.82) is 0 Å². The molecule has 0 spiro atoms. The molecule has 1 fully saturated rings. The number of hydrogen-bond donors (Lipinski definition) is 2. The Hall–Kier alpha value is -3.87. The number of fused-ring (bicyclic) bond motifs is 2. The summed E-state index contributed by atoms with van der Waals surface area (Å²) in [6.07, 6.45) is 6.33. The topological polar surface area (TPSA) is 124 Å². The van der Waals surface area contributed by atoms with Crippen molar-refractivity contribution >= 4 is 39.5 Å². The van der Waals surface area contributed by atoms with Crippen LogP contribution >= 0.6 is 11.8 Å². The summed E-state index contributed by atoms with van der Waals surface area (Å²) in [6.45, 7) is 1.11. The number of amidine groups is 1. The van der Waals surface area contributed by atoms with E-state index in [2.05, 4.69) is 30.2 Å². The zero-order valence-electron chi connectivity index (χ0n) is 19.4. The van der Waals surface area contributed by atoms with Gasteiger partial charge in [-0.25, -0.2) is 33.1 Å². The SMILES string of the molecule is C[C@@]1(c2cc(Nc3nccc4nc(OCc5ncco5)cnc34)cc(F)c2F)N=C(N)S[C@@]2(CF)C[C@H]21. The normalized spacial score (nSPS) is 24.4. The van der Waals surface area contributed by atoms with Crippen molar-refractivity contribution < 1.29 is 22.3 Å². The van der Waals surface area contributed by atoms with Crippen molar-refractivity contribution in [2.45, 2.75) is 30.2 Å². The highest BCUT2D eigenvalue weighted by atomic mass is 32.2. The van der Waals surface area contributed by atoms with Crippen LogP contribution in [0.15, 0.2) is 52.5 Å². The molecule has 1 aromatic carbocycles. The molecule has 13 heteroatoms. The van der Waals surface area contributed by atoms with Crippen LogP contribution in [0.25, 0.3) is 11.0 Å². The minimum atomic E-state index is -1.22. The summed E-state index contributed by atoms with van der Waals surface area (Å²) in [5.74, 6) is -1.53. The predicted molar refractivity (Wildman–Crippen MR) is 131 cm³/mol. The zero-order chi connectivity index (χ0) is 25.8. The molecule has 2 aliphatic rings. The van der Waals surface area contributed by atoms with E-state index in [1.807, 2.05) is 0 Å². The van der Waals surface area contributed by atoms with Crippen LogP contribution in [0, 0.1) is 17.6 Å². The molecular weight excluding hydrogens is 507 g/mol. The highest BCUT2D eigenvalue weighted by Gasteiger charge is 2.66. The van der Waals surface area contributed by atoms with E-state index in [1.54, 1.807) is 13.0 Å². The van der Waals surface area contributed by atoms with Gasteiger partial charge in [-0.05, 0) is 25.5 Å². The van der Waals surface area contributed by atoms with Gasteiger partial charge in [0.05, 0.1) is 28.2 Å². The maximum absolute atomic E-state index is 15.1. The van der Waals surface area contributed by atoms with E-state index in [0.29, 0.717) is 23.3 Å². The summed E-state index contributed by atoms with van der Waals surface area (Å²) in [4.78, 5) is 21.5. The molecule has 9 nitrogen and oxygen atoms in total. The molecule has 3 atom stereocenters. The molecule has 0 radical (unpaired) electrons. The van der Waals surface area contributed by atoms with Crippen LogP contribution in [-0.2, 0) is 12.1 Å². The molecule has 0 saturated heterocycles. The van der Waals surface area contributed by atoms with Gasteiger partial charge in [0.25, 0.3) is 0 Å². The highest BCUT2D eigenvalue weighted by molar-refractivity contribution is 8.15. The lowest BCUT2D eigenvalue weighted by atomic mass is 9.85. The number of oxazole rings is 1. The minimum Gasteiger partial charge on any atom is -0.467 e. The molecule has 4 aromatic rings. The molecule has 0 unspecified atom stereocenters. The molecule has 37 heavy (non-hydrogen) atoms. The predicted octanol–water partition coefficient (Wildman–Crippen LogP) is 4.62. The number of nitrogens with one attached hydrogen (secondary N) is 1. The van der Waals surface area contributed by atoms with E-state index in [-0.39, 0.29) is 40.6 Å². The van der Waals surface area contributed by atoms with E-state index < -0.39 is 28.6 Å². The number of benzene rings is 1. The Labute approximate surface area is 212 Å². The fraction of sp³-hybridized carbons (Fsp3) is 0.292. The van der Waals surface area contributed by atoms with Gasteiger partial charge in [0.15, 0.2) is 29.2 Å². The van der Waals surface area contributed by atoms with Crippen LogP contribution in [-0.4, -0.2) is 36.5 Å². The second-order valence-electron chi connectivity index (χ2n) is 9.05. The number of hydrogen-bond acceptors (Lipinski definition) is 10. The third kappa shape index (κ3) is 4.02. The number of pyridine rings is 1. The van der Waals surface area contributed by atoms with Gasteiger partial charge in [-0.15, -0.1) is 0 Å². The Balaban J connectivity index is 1.32. The van der Waals surface area contributed by atoms with Crippen LogP contribution in [0.5, 0.6) is 5.88 Å². The standard InChI is InChI=1S/C24H20F3N7O2S/c1-23(16-8-24(16,11-25)37-22(28)34-23)13-6-12(7-14(26)19(13)27)32-21-20-15(2-3-30-21)33-17(9-31-20)36-10-18-29-4-5-35-18/h2-7,9,16H,8,10-11H2,1H3,(H2,28,34)(H,30,32)/t16-,23-,24+/m0/s1. The van der Waals surface area contributed by atoms with Crippen molar-refractivity contribution in [3.8, 4) is 5.88 Å². The number of alkyl halides is 1. The second kappa shape index (κ2) is 8.61. The Morgan fingerprint density at radius 2 is 2.11 bits per heavy atom. The largest absolute Gasteiger partial charge is 0.467 e. The summed E-state index contributed by atoms with van der Waals surface area (Å²) in [7, 11) is 0. The lowest BCUT2D eigenvalue weighted by Gasteiger charge is -2.33. The number of halogens is 3. The third-order valence-corrected chi connectivity index (χ3v) is 7.95. The second-order valence-corrected chi connectivity index (χ2v) is 10.5. The van der Waals surface area contributed by atoms with Crippen molar-refractivity contribution in [3.05, 3.63) is 66.1 Å². The molecular formula is C24H20F3N7O2S. The first-order valence-electron chi connectivity index (χ1n) is 11.3. The Bertz CT molecular complexity index is 1540. The summed E-state index contributed by atoms with van der Waals surface area (Å²) in [5.41, 5.74) is 5.82. The highest BCUT2D eigenvalue weighted by Crippen LogP contribution is 2.66. The molecule has 0 amide bonds. The van der Waals surface area contributed by atoms with Gasteiger partial charge in [0.1, 0.15) is 18.5 Å². The van der Waals surface area contributed by atoms with Crippen LogP contribution < -0.4 is 15.8 Å². The van der Waals surface area contributed by atoms with Crippen molar-refractivity contribution in [2.24, 2.45) is 16.6 Å². The maximum atomic E-state index is 15.1. The van der Waals surface area contributed by atoms with Crippen molar-refractivity contribution in [2.75, 3.05) is 12.0 Å². The van der Waals surface area contributed by atoms with Crippen molar-refractivity contribution in [3.63, 3.8) is 0 Å². The maximum Gasteiger partial charge on any atom is 0.233 e. The molecule has 3 aromatic heterocycles. The molecule has 6 rings (SSSR count). The molecule has 4 heterocycles. The lowest BCUT2D eigenvalue weighted by molar-refractivity contribution is 0.253. The van der Waals surface area contributed by atoms with Gasteiger partial charge in [-0.2, -0.15) is 0 Å². The number of aliphatic imine (C=N–C) groups is 1. The Morgan fingerprint density at radius 1 is 1.24 bits per heavy atom. The Morgan fingerprint density at radius 3 is 2.89 bits per heavy atom. The number of aromatic nitrogens is 4. The van der Waals surface area contributed by atoms with E-state index in [9.17, 15) is 8.78 Å². The van der Waals surface area contributed by atoms with Gasteiger partial charge >= 0.3 is 0 Å². The van der Waals surface area contributed by atoms with Crippen molar-refractivity contribution in [1.82, 2.24) is 19.9 Å². The summed E-state index contributed by atoms with van der Waals surface area (Å²) in [5, 5.41) is 3.16. The first-order valence-corrected chi connectivity index (χ1v) is 12.1. The zero-order valence-corrected chi connectivity index (χ0v) is 20.2. The smallest absolute Gasteiger partial charge is 0.233 e. The van der Waals surface area contributed by atoms with Crippen LogP contribution in [0.3, 0.4) is 0 Å². The molecule has 1 aliphatic heterocycles. The summed E-state index contributed by atoms with van der Waals surface area (Å²) in [6, 6.07) is 4.11. The van der Waals surface area contributed by atoms with Crippen LogP contribution in [0.2, 0.25) is 0 Å². The number of anilines is 2. The number of ether oxygens (including phenoxy) is 1. The molecule has 1 saturated carbocycles. The van der Waals surface area contributed by atoms with Gasteiger partial charge in [0.2, 0.25) is 11.8 Å². The number of nitrogens with zero attached hydrogens (tertiary/aromatic N) is 5. The summed E-state index contributed by atoms with van der Waals surface area (Å²) < 4.78 is 53.7. The number of rotatable bonds is 7. The number of thioether (sulfide) groups is 1. The average molecular weight is 528 g/mol. The fourth-order valence-corrected chi connectivity index (χ4v) is 6.12. The van der Waals surface area contributed by atoms with Crippen LogP contribution in [0.4, 0.5) is 24.7 Å². The third-order valence-electron chi connectivity index (χ3n) is 6.68. The first-order chi connectivity index (χ1) is 17.8. The lowest BCUT2D eigenvalue weighted by Crippen LogP contribution is -2.37. The molecule has 1 aliphatic carbocycles. The average Bonchev–Trinajstić information content (AvgIpc) is 3.39. The quantitative estimate of drug-likeness (QED) is 0.354. The summed E-state index contributed by atoms with van der Waals surface area (Å²) >= 11 is 1.16. The van der Waals surface area contributed by atoms with E-state index in [1.165, 1.54) is 30.9 Å². The molecule has 0 bridgehead atoms.